The van der Waals surface area contributed by atoms with E-state index in [4.69, 9.17) is 5.26 Å². The Kier molecular flexibility index (Phi) is 238. The first-order chi connectivity index (χ1) is 1.41. The Hall–Kier alpha value is 0.589. The van der Waals surface area contributed by atoms with E-state index in [1.807, 2.05) is 0 Å². The summed E-state index contributed by atoms with van der Waals surface area (Å²) in [7, 11) is 0. The zero-order chi connectivity index (χ0) is 2.71. The molecule has 4 heteroatoms. The van der Waals surface area contributed by atoms with E-state index in [0.29, 0.717) is 0 Å². The predicted octanol–water partition coefficient (Wildman–Crippen LogP) is -5.46. The van der Waals surface area contributed by atoms with Crippen LogP contribution in [0.25, 0.3) is 0 Å². The molecule has 0 heterocycles. The summed E-state index contributed by atoms with van der Waals surface area (Å²) in [6.45, 7) is 1.43. The minimum atomic E-state index is 0. The second-order valence-electron chi connectivity index (χ2n) is 0.224. The zero-order valence-corrected chi connectivity index (χ0v) is 5.67. The standard InChI is InChI=1S/C2H3N.2ClH.Fe/c1-2-3;;;/h1H3;2*1H;/q;;;+2/p-2. The van der Waals surface area contributed by atoms with Gasteiger partial charge in [0.25, 0.3) is 0 Å². The summed E-state index contributed by atoms with van der Waals surface area (Å²) in [5.74, 6) is 0. The molecular weight excluding hydrogens is 165 g/mol. The molecule has 0 bridgehead atoms. The van der Waals surface area contributed by atoms with Gasteiger partial charge >= 0.3 is 17.1 Å². The molecule has 0 amide bonds. The second-order valence-corrected chi connectivity index (χ2v) is 0.224. The molecule has 1 nitrogen and oxygen atoms in total. The molecule has 0 aromatic carbocycles. The Labute approximate surface area is 60.4 Å². The number of halogens is 2. The van der Waals surface area contributed by atoms with Gasteiger partial charge in [-0.3, -0.25) is 0 Å². The van der Waals surface area contributed by atoms with E-state index in [0.717, 1.165) is 0 Å². The van der Waals surface area contributed by atoms with Gasteiger partial charge in [0.2, 0.25) is 0 Å². The van der Waals surface area contributed by atoms with E-state index in [1.54, 1.807) is 6.07 Å². The molecule has 0 saturated carbocycles. The van der Waals surface area contributed by atoms with Crippen molar-refractivity contribution in [3.05, 3.63) is 0 Å². The first-order valence-corrected chi connectivity index (χ1v) is 0.724. The maximum atomic E-state index is 7.32. The third kappa shape index (κ3) is 170. The maximum Gasteiger partial charge on any atom is 2.00 e. The number of hydrogen-bond acceptors (Lipinski definition) is 1. The van der Waals surface area contributed by atoms with E-state index in [2.05, 4.69) is 0 Å². The van der Waals surface area contributed by atoms with Crippen molar-refractivity contribution in [2.45, 2.75) is 6.92 Å². The maximum absolute atomic E-state index is 7.32. The van der Waals surface area contributed by atoms with Gasteiger partial charge in [-0.1, -0.05) is 0 Å². The van der Waals surface area contributed by atoms with Crippen LogP contribution in [0.1, 0.15) is 6.92 Å². The van der Waals surface area contributed by atoms with E-state index < -0.39 is 0 Å². The third-order valence-electron chi connectivity index (χ3n) is 0. The van der Waals surface area contributed by atoms with Crippen molar-refractivity contribution in [3.8, 4) is 6.07 Å². The fourth-order valence-corrected chi connectivity index (χ4v) is 0. The Bertz CT molecular complexity index is 33.0. The van der Waals surface area contributed by atoms with Crippen LogP contribution in [0.5, 0.6) is 0 Å². The van der Waals surface area contributed by atoms with Crippen molar-refractivity contribution in [3.63, 3.8) is 0 Å². The van der Waals surface area contributed by atoms with Crippen LogP contribution in [0.4, 0.5) is 0 Å². The number of hydrogen-bond donors (Lipinski definition) is 0. The van der Waals surface area contributed by atoms with Crippen LogP contribution in [0.15, 0.2) is 0 Å². The summed E-state index contributed by atoms with van der Waals surface area (Å²) in [5.41, 5.74) is 0. The van der Waals surface area contributed by atoms with Gasteiger partial charge in [0.15, 0.2) is 0 Å². The van der Waals surface area contributed by atoms with Gasteiger partial charge in [-0.2, -0.15) is 5.26 Å². The van der Waals surface area contributed by atoms with Gasteiger partial charge in [-0.15, -0.1) is 0 Å². The van der Waals surface area contributed by atoms with E-state index >= 15 is 0 Å². The molecule has 0 saturated heterocycles. The molecule has 0 rings (SSSR count). The summed E-state index contributed by atoms with van der Waals surface area (Å²) >= 11 is 0. The summed E-state index contributed by atoms with van der Waals surface area (Å²) in [6, 6.07) is 1.75. The summed E-state index contributed by atoms with van der Waals surface area (Å²) in [5, 5.41) is 7.32. The summed E-state index contributed by atoms with van der Waals surface area (Å²) in [6.07, 6.45) is 0. The quantitative estimate of drug-likeness (QED) is 0.331. The number of nitriles is 1. The van der Waals surface area contributed by atoms with Crippen molar-refractivity contribution in [1.29, 1.82) is 5.26 Å². The average molecular weight is 168 g/mol. The Morgan fingerprint density at radius 2 is 1.33 bits per heavy atom. The molecule has 38 valence electrons. The Balaban J connectivity index is -0.00000000667. The topological polar surface area (TPSA) is 23.8 Å². The fourth-order valence-electron chi connectivity index (χ4n) is 0. The smallest absolute Gasteiger partial charge is 1.00 e. The first-order valence-electron chi connectivity index (χ1n) is 0.724. The van der Waals surface area contributed by atoms with Crippen LogP contribution in [0.3, 0.4) is 0 Å². The van der Waals surface area contributed by atoms with Gasteiger partial charge < -0.3 is 24.8 Å². The number of nitrogens with zero attached hydrogens (tertiary/aromatic N) is 1. The Morgan fingerprint density at radius 3 is 1.33 bits per heavy atom. The van der Waals surface area contributed by atoms with Gasteiger partial charge in [0.05, 0.1) is 6.07 Å². The molecular formula is C2H3Cl2FeN. The first kappa shape index (κ1) is 30.7. The van der Waals surface area contributed by atoms with Crippen LogP contribution in [0.2, 0.25) is 0 Å². The number of rotatable bonds is 0. The van der Waals surface area contributed by atoms with Crippen molar-refractivity contribution < 1.29 is 41.9 Å². The molecule has 0 fully saturated rings. The van der Waals surface area contributed by atoms with Gasteiger partial charge in [0, 0.05) is 6.92 Å². The normalized spacial score (nSPS) is 1.33. The summed E-state index contributed by atoms with van der Waals surface area (Å²) < 4.78 is 0. The monoisotopic (exact) mass is 167 g/mol. The molecule has 0 N–H and O–H groups in total. The second kappa shape index (κ2) is 46.6. The molecule has 0 aromatic heterocycles. The van der Waals surface area contributed by atoms with Crippen LogP contribution >= 0.6 is 0 Å². The molecule has 6 heavy (non-hydrogen) atoms. The largest absolute Gasteiger partial charge is 2.00 e. The minimum Gasteiger partial charge on any atom is -1.00 e. The zero-order valence-electron chi connectivity index (χ0n) is 3.06. The predicted molar refractivity (Wildman–Crippen MR) is 11.3 cm³/mol. The Morgan fingerprint density at radius 1 is 1.33 bits per heavy atom. The molecule has 0 aromatic rings. The third-order valence-corrected chi connectivity index (χ3v) is 0. The van der Waals surface area contributed by atoms with Crippen LogP contribution in [-0.2, 0) is 17.1 Å². The van der Waals surface area contributed by atoms with Crippen LogP contribution < -0.4 is 24.8 Å². The van der Waals surface area contributed by atoms with E-state index in [-0.39, 0.29) is 41.9 Å². The molecule has 0 aliphatic carbocycles. The van der Waals surface area contributed by atoms with Crippen molar-refractivity contribution in [1.82, 2.24) is 0 Å². The molecule has 0 atom stereocenters. The van der Waals surface area contributed by atoms with Gasteiger partial charge in [0.1, 0.15) is 0 Å². The fraction of sp³-hybridized carbons (Fsp3) is 0.500. The van der Waals surface area contributed by atoms with E-state index in [9.17, 15) is 0 Å². The molecule has 0 unspecified atom stereocenters. The van der Waals surface area contributed by atoms with Gasteiger partial charge in [-0.25, -0.2) is 0 Å². The van der Waals surface area contributed by atoms with Gasteiger partial charge in [-0.05, 0) is 0 Å². The van der Waals surface area contributed by atoms with Crippen molar-refractivity contribution in [2.24, 2.45) is 0 Å². The molecule has 0 radical (unpaired) electrons. The van der Waals surface area contributed by atoms with E-state index in [1.165, 1.54) is 6.92 Å². The van der Waals surface area contributed by atoms with Crippen LogP contribution in [-0.4, -0.2) is 0 Å². The SMILES string of the molecule is CC#N.[Cl-].[Cl-].[Fe+2]. The molecule has 0 aliphatic rings. The van der Waals surface area contributed by atoms with Crippen molar-refractivity contribution in [2.75, 3.05) is 0 Å². The summed E-state index contributed by atoms with van der Waals surface area (Å²) in [4.78, 5) is 0. The average Bonchev–Trinajstić information content (AvgIpc) is 0.918. The molecule has 0 aliphatic heterocycles. The minimum absolute atomic E-state index is 0. The van der Waals surface area contributed by atoms with Crippen molar-refractivity contribution >= 4 is 0 Å². The molecule has 0 spiro atoms. The van der Waals surface area contributed by atoms with Crippen LogP contribution in [0, 0.1) is 11.3 Å².